The Morgan fingerprint density at radius 1 is 1.53 bits per heavy atom. The fourth-order valence-corrected chi connectivity index (χ4v) is 2.06. The number of carbonyl (C=O) groups excluding carboxylic acids is 1. The van der Waals surface area contributed by atoms with E-state index in [9.17, 15) is 4.79 Å². The first-order valence-electron chi connectivity index (χ1n) is 5.74. The summed E-state index contributed by atoms with van der Waals surface area (Å²) in [4.78, 5) is 12.0. The second kappa shape index (κ2) is 5.83. The number of carbonyl (C=O) groups is 1. The van der Waals surface area contributed by atoms with Gasteiger partial charge >= 0.3 is 0 Å². The molecular formula is C12H14BrN5O. The molecule has 0 unspecified atom stereocenters. The van der Waals surface area contributed by atoms with Gasteiger partial charge in [0.25, 0.3) is 5.91 Å². The van der Waals surface area contributed by atoms with Crippen LogP contribution in [0, 0.1) is 0 Å². The number of hydrogen-bond acceptors (Lipinski definition) is 4. The molecule has 0 aliphatic carbocycles. The lowest BCUT2D eigenvalue weighted by Gasteiger charge is -2.07. The first-order chi connectivity index (χ1) is 9.08. The molecule has 2 aromatic rings. The van der Waals surface area contributed by atoms with Gasteiger partial charge in [-0.1, -0.05) is 0 Å². The number of anilines is 1. The average Bonchev–Trinajstić information content (AvgIpc) is 2.78. The van der Waals surface area contributed by atoms with Gasteiger partial charge in [0, 0.05) is 30.2 Å². The van der Waals surface area contributed by atoms with E-state index in [0.29, 0.717) is 24.2 Å². The number of benzene rings is 1. The Bertz CT molecular complexity index is 596. The van der Waals surface area contributed by atoms with Crippen LogP contribution < -0.4 is 11.1 Å². The maximum atomic E-state index is 12.0. The van der Waals surface area contributed by atoms with Gasteiger partial charge in [-0.05, 0) is 34.1 Å². The van der Waals surface area contributed by atoms with Crippen molar-refractivity contribution in [2.75, 3.05) is 12.3 Å². The van der Waals surface area contributed by atoms with Crippen molar-refractivity contribution < 1.29 is 4.79 Å². The summed E-state index contributed by atoms with van der Waals surface area (Å²) >= 11 is 3.33. The zero-order chi connectivity index (χ0) is 13.8. The minimum Gasteiger partial charge on any atom is -0.399 e. The van der Waals surface area contributed by atoms with Crippen molar-refractivity contribution >= 4 is 27.5 Å². The van der Waals surface area contributed by atoms with Crippen LogP contribution in [0.1, 0.15) is 16.2 Å². The number of hydrogen-bond donors (Lipinski definition) is 2. The highest BCUT2D eigenvalue weighted by atomic mass is 79.9. The highest BCUT2D eigenvalue weighted by Crippen LogP contribution is 2.19. The summed E-state index contributed by atoms with van der Waals surface area (Å²) in [5.74, 6) is 0.660. The number of nitrogens with one attached hydrogen (secondary N) is 1. The van der Waals surface area contributed by atoms with Crippen molar-refractivity contribution in [3.05, 3.63) is 40.4 Å². The summed E-state index contributed by atoms with van der Waals surface area (Å²) in [5, 5.41) is 10.6. The number of amides is 1. The Kier molecular flexibility index (Phi) is 4.16. The van der Waals surface area contributed by atoms with Gasteiger partial charge in [0.15, 0.2) is 0 Å². The Morgan fingerprint density at radius 3 is 3.00 bits per heavy atom. The van der Waals surface area contributed by atoms with Gasteiger partial charge in [0.05, 0.1) is 5.56 Å². The van der Waals surface area contributed by atoms with Crippen LogP contribution in [0.2, 0.25) is 0 Å². The van der Waals surface area contributed by atoms with Crippen LogP contribution in [0.5, 0.6) is 0 Å². The normalized spacial score (nSPS) is 10.4. The van der Waals surface area contributed by atoms with Crippen LogP contribution in [-0.4, -0.2) is 27.2 Å². The number of rotatable bonds is 4. The van der Waals surface area contributed by atoms with E-state index in [4.69, 9.17) is 5.73 Å². The minimum absolute atomic E-state index is 0.165. The van der Waals surface area contributed by atoms with Crippen LogP contribution in [0.25, 0.3) is 0 Å². The van der Waals surface area contributed by atoms with Crippen LogP contribution in [0.15, 0.2) is 29.0 Å². The standard InChI is InChI=1S/C12H14BrN5O/c1-18-7-16-17-11(18)4-5-15-12(19)9-6-8(14)2-3-10(9)13/h2-3,6-7H,4-5,14H2,1H3,(H,15,19). The van der Waals surface area contributed by atoms with Crippen molar-refractivity contribution in [2.24, 2.45) is 7.05 Å². The lowest BCUT2D eigenvalue weighted by molar-refractivity contribution is 0.0953. The fourth-order valence-electron chi connectivity index (χ4n) is 1.63. The largest absolute Gasteiger partial charge is 0.399 e. The van der Waals surface area contributed by atoms with Crippen molar-refractivity contribution in [3.8, 4) is 0 Å². The second-order valence-corrected chi connectivity index (χ2v) is 4.96. The van der Waals surface area contributed by atoms with Gasteiger partial charge in [-0.25, -0.2) is 0 Å². The van der Waals surface area contributed by atoms with Gasteiger partial charge in [-0.3, -0.25) is 4.79 Å². The molecule has 1 heterocycles. The number of nitrogens with zero attached hydrogens (tertiary/aromatic N) is 3. The summed E-state index contributed by atoms with van der Waals surface area (Å²) in [5.41, 5.74) is 6.75. The lowest BCUT2D eigenvalue weighted by Crippen LogP contribution is -2.26. The van der Waals surface area contributed by atoms with Crippen molar-refractivity contribution in [1.29, 1.82) is 0 Å². The molecule has 0 radical (unpaired) electrons. The third-order valence-corrected chi connectivity index (χ3v) is 3.37. The van der Waals surface area contributed by atoms with E-state index in [1.807, 2.05) is 11.6 Å². The Labute approximate surface area is 119 Å². The molecule has 3 N–H and O–H groups in total. The van der Waals surface area contributed by atoms with Crippen LogP contribution in [-0.2, 0) is 13.5 Å². The minimum atomic E-state index is -0.165. The zero-order valence-corrected chi connectivity index (χ0v) is 12.0. The van der Waals surface area contributed by atoms with E-state index in [-0.39, 0.29) is 5.91 Å². The smallest absolute Gasteiger partial charge is 0.252 e. The molecular weight excluding hydrogens is 310 g/mol. The highest BCUT2D eigenvalue weighted by Gasteiger charge is 2.10. The summed E-state index contributed by atoms with van der Waals surface area (Å²) in [6.45, 7) is 0.493. The van der Waals surface area contributed by atoms with Crippen LogP contribution in [0.4, 0.5) is 5.69 Å². The molecule has 6 nitrogen and oxygen atoms in total. The Balaban J connectivity index is 1.94. The molecule has 1 aromatic carbocycles. The SMILES string of the molecule is Cn1cnnc1CCNC(=O)c1cc(N)ccc1Br. The van der Waals surface area contributed by atoms with Crippen molar-refractivity contribution in [3.63, 3.8) is 0 Å². The Morgan fingerprint density at radius 2 is 2.32 bits per heavy atom. The number of nitrogens with two attached hydrogens (primary N) is 1. The molecule has 100 valence electrons. The van der Waals surface area contributed by atoms with Crippen molar-refractivity contribution in [2.45, 2.75) is 6.42 Å². The van der Waals surface area contributed by atoms with E-state index in [0.717, 1.165) is 10.3 Å². The van der Waals surface area contributed by atoms with Gasteiger partial charge in [0.2, 0.25) is 0 Å². The zero-order valence-electron chi connectivity index (χ0n) is 10.4. The maximum absolute atomic E-state index is 12.0. The van der Waals surface area contributed by atoms with E-state index in [2.05, 4.69) is 31.4 Å². The van der Waals surface area contributed by atoms with E-state index in [1.165, 1.54) is 0 Å². The molecule has 2 rings (SSSR count). The quantitative estimate of drug-likeness (QED) is 0.826. The Hall–Kier alpha value is -1.89. The molecule has 0 bridgehead atoms. The number of nitrogen functional groups attached to an aromatic ring is 1. The monoisotopic (exact) mass is 323 g/mol. The number of halogens is 1. The molecule has 0 saturated carbocycles. The first kappa shape index (κ1) is 13.5. The van der Waals surface area contributed by atoms with Gasteiger partial charge in [-0.15, -0.1) is 10.2 Å². The van der Waals surface area contributed by atoms with E-state index in [1.54, 1.807) is 24.5 Å². The molecule has 0 aliphatic heterocycles. The summed E-state index contributed by atoms with van der Waals surface area (Å²) < 4.78 is 2.54. The first-order valence-corrected chi connectivity index (χ1v) is 6.53. The molecule has 0 fully saturated rings. The molecule has 19 heavy (non-hydrogen) atoms. The summed E-state index contributed by atoms with van der Waals surface area (Å²) in [6.07, 6.45) is 2.26. The molecule has 0 atom stereocenters. The van der Waals surface area contributed by atoms with Crippen LogP contribution >= 0.6 is 15.9 Å². The third-order valence-electron chi connectivity index (χ3n) is 2.67. The fraction of sp³-hybridized carbons (Fsp3) is 0.250. The molecule has 1 aromatic heterocycles. The van der Waals surface area contributed by atoms with Crippen molar-refractivity contribution in [1.82, 2.24) is 20.1 Å². The maximum Gasteiger partial charge on any atom is 0.252 e. The lowest BCUT2D eigenvalue weighted by atomic mass is 10.2. The molecule has 1 amide bonds. The number of aromatic nitrogens is 3. The molecule has 7 heteroatoms. The van der Waals surface area contributed by atoms with E-state index >= 15 is 0 Å². The summed E-state index contributed by atoms with van der Waals surface area (Å²) in [6, 6.07) is 5.13. The predicted octanol–water partition coefficient (Wildman–Crippen LogP) is 1.13. The highest BCUT2D eigenvalue weighted by molar-refractivity contribution is 9.10. The topological polar surface area (TPSA) is 85.8 Å². The average molecular weight is 324 g/mol. The molecule has 0 saturated heterocycles. The molecule has 0 aliphatic rings. The van der Waals surface area contributed by atoms with Gasteiger partial charge < -0.3 is 15.6 Å². The van der Waals surface area contributed by atoms with Gasteiger partial charge in [-0.2, -0.15) is 0 Å². The molecule has 0 spiro atoms. The van der Waals surface area contributed by atoms with E-state index < -0.39 is 0 Å². The second-order valence-electron chi connectivity index (χ2n) is 4.10. The number of aryl methyl sites for hydroxylation is 1. The predicted molar refractivity (Wildman–Crippen MR) is 75.6 cm³/mol. The van der Waals surface area contributed by atoms with Crippen LogP contribution in [0.3, 0.4) is 0 Å². The third kappa shape index (κ3) is 3.31. The van der Waals surface area contributed by atoms with Gasteiger partial charge in [0.1, 0.15) is 12.2 Å². The summed E-state index contributed by atoms with van der Waals surface area (Å²) in [7, 11) is 1.87.